The molecule has 134 valence electrons. The first-order valence-corrected chi connectivity index (χ1v) is 8.83. The van der Waals surface area contributed by atoms with Crippen molar-refractivity contribution >= 4 is 23.2 Å². The Morgan fingerprint density at radius 1 is 1.04 bits per heavy atom. The fraction of sp³-hybridized carbons (Fsp3) is 0.350. The fourth-order valence-electron chi connectivity index (χ4n) is 2.60. The van der Waals surface area contributed by atoms with E-state index in [0.29, 0.717) is 13.1 Å². The summed E-state index contributed by atoms with van der Waals surface area (Å²) in [5.74, 6) is 0.123. The zero-order valence-electron chi connectivity index (χ0n) is 15.4. The molecule has 25 heavy (non-hydrogen) atoms. The Balaban J connectivity index is 1.84. The van der Waals surface area contributed by atoms with Gasteiger partial charge in [0.15, 0.2) is 6.54 Å². The van der Waals surface area contributed by atoms with Crippen molar-refractivity contribution in [1.82, 2.24) is 4.90 Å². The molecule has 0 aliphatic carbocycles. The second-order valence-electron chi connectivity index (χ2n) is 6.59. The Labute approximate surface area is 155 Å². The van der Waals surface area contributed by atoms with Crippen LogP contribution in [0.15, 0.2) is 48.5 Å². The van der Waals surface area contributed by atoms with E-state index in [-0.39, 0.29) is 11.9 Å². The summed E-state index contributed by atoms with van der Waals surface area (Å²) in [6, 6.07) is 16.3. The Morgan fingerprint density at radius 2 is 1.64 bits per heavy atom. The second-order valence-corrected chi connectivity index (χ2v) is 7.03. The maximum atomic E-state index is 12.4. The standard InChI is InChI=1S/C20H26ClN3O/c1-15(17-7-9-18(21)10-8-17)22-13-20(25)24(4)14-16-5-11-19(12-6-16)23(2)3/h5-12,15,22H,13-14H2,1-4H3/p+1/t15-/m1/s1. The molecule has 0 aliphatic heterocycles. The van der Waals surface area contributed by atoms with E-state index in [1.807, 2.05) is 45.4 Å². The van der Waals surface area contributed by atoms with E-state index < -0.39 is 0 Å². The highest BCUT2D eigenvalue weighted by atomic mass is 35.5. The lowest BCUT2D eigenvalue weighted by Gasteiger charge is -2.19. The van der Waals surface area contributed by atoms with Crippen LogP contribution in [0.5, 0.6) is 0 Å². The quantitative estimate of drug-likeness (QED) is 0.824. The van der Waals surface area contributed by atoms with E-state index in [9.17, 15) is 4.79 Å². The van der Waals surface area contributed by atoms with Crippen molar-refractivity contribution in [2.24, 2.45) is 0 Å². The topological polar surface area (TPSA) is 40.2 Å². The van der Waals surface area contributed by atoms with Crippen LogP contribution in [-0.4, -0.2) is 38.5 Å². The molecule has 0 spiro atoms. The molecule has 0 heterocycles. The van der Waals surface area contributed by atoms with Gasteiger partial charge in [-0.15, -0.1) is 0 Å². The van der Waals surface area contributed by atoms with Gasteiger partial charge in [-0.2, -0.15) is 0 Å². The zero-order valence-corrected chi connectivity index (χ0v) is 16.1. The minimum atomic E-state index is 0.123. The Bertz CT molecular complexity index is 683. The molecule has 0 unspecified atom stereocenters. The lowest BCUT2D eigenvalue weighted by molar-refractivity contribution is -0.683. The van der Waals surface area contributed by atoms with E-state index in [1.165, 1.54) is 5.56 Å². The van der Waals surface area contributed by atoms with Crippen LogP contribution in [0.3, 0.4) is 0 Å². The third-order valence-electron chi connectivity index (χ3n) is 4.34. The summed E-state index contributed by atoms with van der Waals surface area (Å²) in [5.41, 5.74) is 3.45. The van der Waals surface area contributed by atoms with Gasteiger partial charge in [0.05, 0.1) is 0 Å². The number of quaternary nitrogens is 1. The van der Waals surface area contributed by atoms with Gasteiger partial charge in [-0.25, -0.2) is 0 Å². The lowest BCUT2D eigenvalue weighted by Crippen LogP contribution is -2.86. The van der Waals surface area contributed by atoms with Gasteiger partial charge in [0.25, 0.3) is 5.91 Å². The zero-order chi connectivity index (χ0) is 18.4. The van der Waals surface area contributed by atoms with Crippen LogP contribution in [0.25, 0.3) is 0 Å². The molecule has 2 rings (SSSR count). The maximum Gasteiger partial charge on any atom is 0.277 e. The number of hydrogen-bond acceptors (Lipinski definition) is 2. The van der Waals surface area contributed by atoms with E-state index in [0.717, 1.165) is 16.3 Å². The summed E-state index contributed by atoms with van der Waals surface area (Å²) in [6.45, 7) is 3.14. The van der Waals surface area contributed by atoms with Crippen LogP contribution in [0.4, 0.5) is 5.69 Å². The normalized spacial score (nSPS) is 11.9. The average molecular weight is 361 g/mol. The summed E-state index contributed by atoms with van der Waals surface area (Å²) >= 11 is 5.92. The van der Waals surface area contributed by atoms with E-state index in [4.69, 9.17) is 11.6 Å². The Hall–Kier alpha value is -2.04. The van der Waals surface area contributed by atoms with Crippen LogP contribution in [0.2, 0.25) is 5.02 Å². The van der Waals surface area contributed by atoms with Gasteiger partial charge in [0, 0.05) is 44.0 Å². The summed E-state index contributed by atoms with van der Waals surface area (Å²) in [5, 5.41) is 2.78. The number of anilines is 1. The predicted octanol–water partition coefficient (Wildman–Crippen LogP) is 2.69. The summed E-state index contributed by atoms with van der Waals surface area (Å²) in [4.78, 5) is 16.2. The van der Waals surface area contributed by atoms with E-state index in [1.54, 1.807) is 4.90 Å². The van der Waals surface area contributed by atoms with Gasteiger partial charge in [-0.1, -0.05) is 35.9 Å². The highest BCUT2D eigenvalue weighted by Crippen LogP contribution is 2.14. The van der Waals surface area contributed by atoms with Gasteiger partial charge in [-0.05, 0) is 36.8 Å². The Kier molecular flexibility index (Phi) is 6.85. The van der Waals surface area contributed by atoms with Gasteiger partial charge >= 0.3 is 0 Å². The average Bonchev–Trinajstić information content (AvgIpc) is 2.60. The molecular formula is C20H27ClN3O+. The van der Waals surface area contributed by atoms with Crippen molar-refractivity contribution in [1.29, 1.82) is 0 Å². The molecule has 0 aromatic heterocycles. The number of halogens is 1. The van der Waals surface area contributed by atoms with Crippen LogP contribution in [0, 0.1) is 0 Å². The number of carbonyl (C=O) groups excluding carboxylic acids is 1. The third-order valence-corrected chi connectivity index (χ3v) is 4.59. The number of nitrogens with two attached hydrogens (primary N) is 1. The maximum absolute atomic E-state index is 12.4. The van der Waals surface area contributed by atoms with Crippen molar-refractivity contribution in [3.8, 4) is 0 Å². The second kappa shape index (κ2) is 8.88. The van der Waals surface area contributed by atoms with Crippen LogP contribution in [0.1, 0.15) is 24.1 Å². The van der Waals surface area contributed by atoms with Gasteiger partial charge in [-0.3, -0.25) is 4.79 Å². The van der Waals surface area contributed by atoms with Gasteiger partial charge in [0.1, 0.15) is 6.04 Å². The van der Waals surface area contributed by atoms with Crippen LogP contribution in [-0.2, 0) is 11.3 Å². The molecular weight excluding hydrogens is 334 g/mol. The number of rotatable bonds is 7. The summed E-state index contributed by atoms with van der Waals surface area (Å²) in [6.07, 6.45) is 0. The predicted molar refractivity (Wildman–Crippen MR) is 104 cm³/mol. The van der Waals surface area contributed by atoms with Crippen molar-refractivity contribution in [3.05, 3.63) is 64.7 Å². The smallest absolute Gasteiger partial charge is 0.277 e. The molecule has 0 radical (unpaired) electrons. The molecule has 0 fully saturated rings. The molecule has 2 aromatic rings. The lowest BCUT2D eigenvalue weighted by atomic mass is 10.1. The minimum absolute atomic E-state index is 0.123. The fourth-order valence-corrected chi connectivity index (χ4v) is 2.72. The SMILES string of the molecule is C[C@@H]([NH2+]CC(=O)N(C)Cc1ccc(N(C)C)cc1)c1ccc(Cl)cc1. The van der Waals surface area contributed by atoms with Crippen LogP contribution < -0.4 is 10.2 Å². The minimum Gasteiger partial charge on any atom is -0.378 e. The van der Waals surface area contributed by atoms with Gasteiger partial charge < -0.3 is 15.1 Å². The number of likely N-dealkylation sites (N-methyl/N-ethyl adjacent to an activating group) is 1. The van der Waals surface area contributed by atoms with Crippen molar-refractivity contribution < 1.29 is 10.1 Å². The molecule has 1 amide bonds. The Morgan fingerprint density at radius 3 is 2.20 bits per heavy atom. The number of amides is 1. The summed E-state index contributed by atoms with van der Waals surface area (Å²) < 4.78 is 0. The summed E-state index contributed by atoms with van der Waals surface area (Å²) in [7, 11) is 5.88. The van der Waals surface area contributed by atoms with Crippen molar-refractivity contribution in [2.75, 3.05) is 32.6 Å². The first-order valence-electron chi connectivity index (χ1n) is 8.46. The molecule has 0 saturated heterocycles. The first kappa shape index (κ1) is 19.3. The van der Waals surface area contributed by atoms with Crippen molar-refractivity contribution in [3.63, 3.8) is 0 Å². The molecule has 2 aromatic carbocycles. The first-order chi connectivity index (χ1) is 11.9. The number of benzene rings is 2. The van der Waals surface area contributed by atoms with Crippen molar-refractivity contribution in [2.45, 2.75) is 19.5 Å². The molecule has 5 heteroatoms. The van der Waals surface area contributed by atoms with Gasteiger partial charge in [0.2, 0.25) is 0 Å². The largest absolute Gasteiger partial charge is 0.378 e. The molecule has 2 N–H and O–H groups in total. The highest BCUT2D eigenvalue weighted by molar-refractivity contribution is 6.30. The van der Waals surface area contributed by atoms with E-state index in [2.05, 4.69) is 41.4 Å². The number of nitrogens with zero attached hydrogens (tertiary/aromatic N) is 2. The molecule has 0 saturated carbocycles. The third kappa shape index (κ3) is 5.76. The van der Waals surface area contributed by atoms with E-state index >= 15 is 0 Å². The number of hydrogen-bond donors (Lipinski definition) is 1. The highest BCUT2D eigenvalue weighted by Gasteiger charge is 2.15. The molecule has 1 atom stereocenters. The molecule has 0 bridgehead atoms. The monoisotopic (exact) mass is 360 g/mol. The number of carbonyl (C=O) groups is 1. The molecule has 0 aliphatic rings. The van der Waals surface area contributed by atoms with Crippen LogP contribution >= 0.6 is 11.6 Å². The molecule has 4 nitrogen and oxygen atoms in total.